The van der Waals surface area contributed by atoms with E-state index in [4.69, 9.17) is 11.6 Å². The van der Waals surface area contributed by atoms with Gasteiger partial charge in [-0.05, 0) is 0 Å². The third-order valence-corrected chi connectivity index (χ3v) is 5.67. The van der Waals surface area contributed by atoms with Crippen molar-refractivity contribution in [3.63, 3.8) is 0 Å². The maximum absolute atomic E-state index is 12.7. The standard InChI is InChI=1S/C14H17ClN6O8S2.Na/c1-20(2)13(25)10-9(12(24)21(10)31(26,27)28)18-11(23)8(19-29-3)6-5-30-14(16-6)17-7(22)4-15;/h5,9-10H,4H2,1-3H3,(H,18,23)(H,16,17,22)(H,26,27,28);/q;+1/p-1. The maximum atomic E-state index is 12.7. The van der Waals surface area contributed by atoms with Crippen LogP contribution in [0.2, 0.25) is 0 Å². The van der Waals surface area contributed by atoms with E-state index in [1.807, 2.05) is 0 Å². The van der Waals surface area contributed by atoms with Crippen molar-refractivity contribution in [3.8, 4) is 0 Å². The summed E-state index contributed by atoms with van der Waals surface area (Å²) in [4.78, 5) is 58.0. The zero-order chi connectivity index (χ0) is 23.5. The molecule has 2 unspecified atom stereocenters. The molecular formula is C14H16ClN6NaO8S2. The SMILES string of the molecule is CON=C(C(=O)NC1C(=O)N(S(=O)(=O)[O-])C1C(=O)N(C)C)c1csc(NC(=O)CCl)n1.[Na+]. The molecular weight excluding hydrogens is 503 g/mol. The third-order valence-electron chi connectivity index (χ3n) is 3.79. The van der Waals surface area contributed by atoms with E-state index in [0.29, 0.717) is 0 Å². The summed E-state index contributed by atoms with van der Waals surface area (Å²) in [6, 6.07) is -3.39. The summed E-state index contributed by atoms with van der Waals surface area (Å²) in [7, 11) is -1.59. The summed E-state index contributed by atoms with van der Waals surface area (Å²) in [5.74, 6) is -4.08. The van der Waals surface area contributed by atoms with Crippen molar-refractivity contribution in [2.24, 2.45) is 5.16 Å². The molecule has 1 aliphatic rings. The Hall–Kier alpha value is -1.82. The second-order valence-corrected chi connectivity index (χ2v) is 8.44. The molecule has 1 saturated heterocycles. The Morgan fingerprint density at radius 1 is 1.41 bits per heavy atom. The van der Waals surface area contributed by atoms with Gasteiger partial charge in [0.2, 0.25) is 11.8 Å². The van der Waals surface area contributed by atoms with E-state index in [0.717, 1.165) is 23.3 Å². The van der Waals surface area contributed by atoms with Gasteiger partial charge >= 0.3 is 29.6 Å². The second kappa shape index (κ2) is 11.4. The zero-order valence-corrected chi connectivity index (χ0v) is 21.6. The van der Waals surface area contributed by atoms with Gasteiger partial charge in [-0.15, -0.1) is 22.9 Å². The van der Waals surface area contributed by atoms with Crippen molar-refractivity contribution < 1.29 is 66.5 Å². The van der Waals surface area contributed by atoms with Gasteiger partial charge in [-0.3, -0.25) is 19.2 Å². The first kappa shape index (κ1) is 28.2. The molecule has 0 aromatic carbocycles. The Bertz CT molecular complexity index is 1050. The quantitative estimate of drug-likeness (QED) is 0.0846. The van der Waals surface area contributed by atoms with Crippen molar-refractivity contribution in [3.05, 3.63) is 11.1 Å². The fraction of sp³-hybridized carbons (Fsp3) is 0.429. The molecule has 4 amide bonds. The van der Waals surface area contributed by atoms with Gasteiger partial charge in [0, 0.05) is 19.5 Å². The molecule has 1 aromatic rings. The summed E-state index contributed by atoms with van der Waals surface area (Å²) in [6.45, 7) is 0. The van der Waals surface area contributed by atoms with E-state index in [1.54, 1.807) is 0 Å². The molecule has 0 saturated carbocycles. The van der Waals surface area contributed by atoms with Gasteiger partial charge in [0.15, 0.2) is 27.2 Å². The molecule has 0 aliphatic carbocycles. The van der Waals surface area contributed by atoms with Crippen LogP contribution in [-0.2, 0) is 34.3 Å². The normalized spacial score (nSPS) is 18.2. The molecule has 1 fully saturated rings. The Morgan fingerprint density at radius 2 is 2.03 bits per heavy atom. The minimum absolute atomic E-state index is 0. The van der Waals surface area contributed by atoms with Crippen molar-refractivity contribution in [2.45, 2.75) is 12.1 Å². The van der Waals surface area contributed by atoms with E-state index in [9.17, 15) is 32.1 Å². The molecule has 0 radical (unpaired) electrons. The Kier molecular flexibility index (Phi) is 10.0. The van der Waals surface area contributed by atoms with E-state index < -0.39 is 51.7 Å². The van der Waals surface area contributed by atoms with Crippen LogP contribution in [-0.4, -0.2) is 95.7 Å². The first-order chi connectivity index (χ1) is 14.4. The molecule has 2 atom stereocenters. The summed E-state index contributed by atoms with van der Waals surface area (Å²) < 4.78 is 33.9. The number of nitrogens with zero attached hydrogens (tertiary/aromatic N) is 4. The zero-order valence-electron chi connectivity index (χ0n) is 17.2. The number of amides is 4. The maximum Gasteiger partial charge on any atom is 1.00 e. The largest absolute Gasteiger partial charge is 1.00 e. The average Bonchev–Trinajstić information content (AvgIpc) is 3.13. The van der Waals surface area contributed by atoms with Crippen LogP contribution in [0.4, 0.5) is 5.13 Å². The van der Waals surface area contributed by atoms with E-state index in [1.165, 1.54) is 19.5 Å². The molecule has 2 rings (SSSR count). The summed E-state index contributed by atoms with van der Waals surface area (Å²) in [5, 5.41) is 9.51. The van der Waals surface area contributed by atoms with E-state index in [-0.39, 0.29) is 50.6 Å². The fourth-order valence-corrected chi connectivity index (χ4v) is 4.06. The monoisotopic (exact) mass is 518 g/mol. The summed E-state index contributed by atoms with van der Waals surface area (Å²) in [5.41, 5.74) is -0.484. The van der Waals surface area contributed by atoms with Gasteiger partial charge in [0.25, 0.3) is 11.8 Å². The Labute approximate surface area is 213 Å². The van der Waals surface area contributed by atoms with Gasteiger partial charge < -0.3 is 24.9 Å². The first-order valence-corrected chi connectivity index (χ1v) is 10.9. The molecule has 1 aliphatic heterocycles. The Morgan fingerprint density at radius 3 is 2.53 bits per heavy atom. The van der Waals surface area contributed by atoms with Crippen molar-refractivity contribution in [2.75, 3.05) is 32.4 Å². The number of hydrogen-bond donors (Lipinski definition) is 2. The van der Waals surface area contributed by atoms with Gasteiger partial charge in [0.1, 0.15) is 24.7 Å². The number of nitrogens with one attached hydrogen (secondary N) is 2. The third kappa shape index (κ3) is 6.15. The molecule has 0 spiro atoms. The molecule has 1 aromatic heterocycles. The minimum atomic E-state index is -5.29. The molecule has 32 heavy (non-hydrogen) atoms. The summed E-state index contributed by atoms with van der Waals surface area (Å²) >= 11 is 6.34. The number of alkyl halides is 1. The number of rotatable bonds is 8. The number of anilines is 1. The number of carbonyl (C=O) groups excluding carboxylic acids is 4. The van der Waals surface area contributed by atoms with Gasteiger partial charge in [-0.1, -0.05) is 5.16 Å². The second-order valence-electron chi connectivity index (χ2n) is 6.06. The molecule has 18 heteroatoms. The molecule has 0 bridgehead atoms. The van der Waals surface area contributed by atoms with Crippen LogP contribution < -0.4 is 40.2 Å². The molecule has 2 N–H and O–H groups in total. The number of likely N-dealkylation sites (N-methyl/N-ethyl adjacent to an activating group) is 1. The van der Waals surface area contributed by atoms with Crippen molar-refractivity contribution >= 4 is 67.7 Å². The predicted molar refractivity (Wildman–Crippen MR) is 106 cm³/mol. The fourth-order valence-electron chi connectivity index (χ4n) is 2.46. The van der Waals surface area contributed by atoms with Crippen LogP contribution in [0.3, 0.4) is 0 Å². The number of halogens is 1. The van der Waals surface area contributed by atoms with Crippen molar-refractivity contribution in [1.29, 1.82) is 0 Å². The average molecular weight is 519 g/mol. The first-order valence-electron chi connectivity index (χ1n) is 8.16. The van der Waals surface area contributed by atoms with Gasteiger partial charge in [-0.25, -0.2) is 17.7 Å². The number of hydrogen-bond acceptors (Lipinski definition) is 11. The number of aromatic nitrogens is 1. The minimum Gasteiger partial charge on any atom is -0.731 e. The molecule has 14 nitrogen and oxygen atoms in total. The van der Waals surface area contributed by atoms with Gasteiger partial charge in [-0.2, -0.15) is 0 Å². The van der Waals surface area contributed by atoms with Gasteiger partial charge in [0.05, 0.1) is 0 Å². The van der Waals surface area contributed by atoms with Crippen LogP contribution in [0.1, 0.15) is 5.69 Å². The van der Waals surface area contributed by atoms with Crippen LogP contribution in [0.25, 0.3) is 0 Å². The molecule has 2 heterocycles. The number of β-lactam (4-membered cyclic amide) rings is 1. The van der Waals surface area contributed by atoms with E-state index in [2.05, 4.69) is 25.6 Å². The number of carbonyl (C=O) groups is 4. The van der Waals surface area contributed by atoms with Crippen LogP contribution in [0, 0.1) is 0 Å². The number of thiazole rings is 1. The van der Waals surface area contributed by atoms with Crippen LogP contribution in [0.5, 0.6) is 0 Å². The predicted octanol–water partition coefficient (Wildman–Crippen LogP) is -5.08. The summed E-state index contributed by atoms with van der Waals surface area (Å²) in [6.07, 6.45) is 0. The topological polar surface area (TPSA) is 190 Å². The van der Waals surface area contributed by atoms with Crippen molar-refractivity contribution in [1.82, 2.24) is 19.5 Å². The van der Waals surface area contributed by atoms with Crippen LogP contribution >= 0.6 is 22.9 Å². The number of oxime groups is 1. The molecule has 170 valence electrons. The van der Waals surface area contributed by atoms with Crippen LogP contribution in [0.15, 0.2) is 10.5 Å². The smallest absolute Gasteiger partial charge is 0.731 e. The Balaban J connectivity index is 0.00000512. The van der Waals surface area contributed by atoms with E-state index >= 15 is 0 Å².